The van der Waals surface area contributed by atoms with Crippen molar-refractivity contribution in [2.45, 2.75) is 6.42 Å². The second-order valence-electron chi connectivity index (χ2n) is 4.09. The van der Waals surface area contributed by atoms with Gasteiger partial charge in [-0.05, 0) is 24.3 Å². The van der Waals surface area contributed by atoms with Crippen LogP contribution in [0, 0.1) is 0 Å². The Bertz CT molecular complexity index is 550. The number of carbonyl (C=O) groups is 1. The summed E-state index contributed by atoms with van der Waals surface area (Å²) in [6, 6.07) is 6.72. The van der Waals surface area contributed by atoms with Crippen LogP contribution in [0.25, 0.3) is 0 Å². The maximum atomic E-state index is 11.6. The number of nitrogens with zero attached hydrogens (tertiary/aromatic N) is 2. The Hall–Kier alpha value is -2.01. The van der Waals surface area contributed by atoms with Crippen molar-refractivity contribution >= 4 is 23.3 Å². The maximum absolute atomic E-state index is 11.6. The summed E-state index contributed by atoms with van der Waals surface area (Å²) in [6.07, 6.45) is 4.31. The number of benzene rings is 1. The Labute approximate surface area is 116 Å². The molecule has 0 radical (unpaired) electrons. The van der Waals surface area contributed by atoms with Crippen LogP contribution in [-0.4, -0.2) is 22.1 Å². The quantitative estimate of drug-likeness (QED) is 0.902. The molecular weight excluding hydrogens is 264 g/mol. The van der Waals surface area contributed by atoms with E-state index >= 15 is 0 Å². The molecule has 2 rings (SSSR count). The van der Waals surface area contributed by atoms with E-state index in [9.17, 15) is 4.79 Å². The van der Waals surface area contributed by atoms with Crippen LogP contribution >= 0.6 is 11.6 Å². The van der Waals surface area contributed by atoms with E-state index in [1.54, 1.807) is 30.5 Å². The van der Waals surface area contributed by atoms with Crippen molar-refractivity contribution < 1.29 is 4.79 Å². The Morgan fingerprint density at radius 1 is 1.37 bits per heavy atom. The second-order valence-corrected chi connectivity index (χ2v) is 4.53. The molecule has 0 bridgehead atoms. The van der Waals surface area contributed by atoms with Crippen LogP contribution < -0.4 is 10.6 Å². The number of anilines is 1. The van der Waals surface area contributed by atoms with Gasteiger partial charge in [0, 0.05) is 43.1 Å². The summed E-state index contributed by atoms with van der Waals surface area (Å²) in [7, 11) is 1.93. The highest BCUT2D eigenvalue weighted by Crippen LogP contribution is 2.12. The molecule has 0 unspecified atom stereocenters. The Kier molecular flexibility index (Phi) is 4.41. The highest BCUT2D eigenvalue weighted by Gasteiger charge is 2.03. The molecule has 0 aliphatic rings. The van der Waals surface area contributed by atoms with Crippen LogP contribution in [-0.2, 0) is 13.5 Å². The third-order valence-electron chi connectivity index (χ3n) is 2.66. The zero-order valence-electron chi connectivity index (χ0n) is 10.6. The molecule has 1 heterocycles. The Morgan fingerprint density at radius 2 is 2.11 bits per heavy atom. The topological polar surface area (TPSA) is 59.0 Å². The molecule has 0 fully saturated rings. The lowest BCUT2D eigenvalue weighted by molar-refractivity contribution is 0.252. The van der Waals surface area contributed by atoms with Gasteiger partial charge in [-0.1, -0.05) is 11.6 Å². The summed E-state index contributed by atoms with van der Waals surface area (Å²) in [6.45, 7) is 0.532. The number of rotatable bonds is 4. The molecule has 1 aromatic heterocycles. The number of carbonyl (C=O) groups excluding carboxylic acids is 1. The smallest absolute Gasteiger partial charge is 0.319 e. The first-order chi connectivity index (χ1) is 9.15. The fourth-order valence-electron chi connectivity index (χ4n) is 1.63. The average Bonchev–Trinajstić information content (AvgIpc) is 2.78. The third kappa shape index (κ3) is 3.99. The SMILES string of the molecule is Cn1ccnc1CCNC(=O)Nc1ccc(Cl)cc1. The largest absolute Gasteiger partial charge is 0.338 e. The molecule has 0 aliphatic heterocycles. The number of amides is 2. The van der Waals surface area contributed by atoms with Gasteiger partial charge in [0.25, 0.3) is 0 Å². The molecule has 0 saturated carbocycles. The van der Waals surface area contributed by atoms with Crippen LogP contribution in [0.2, 0.25) is 5.02 Å². The zero-order valence-corrected chi connectivity index (χ0v) is 11.3. The molecule has 0 saturated heterocycles. The lowest BCUT2D eigenvalue weighted by Crippen LogP contribution is -2.30. The van der Waals surface area contributed by atoms with Gasteiger partial charge in [0.1, 0.15) is 5.82 Å². The lowest BCUT2D eigenvalue weighted by atomic mass is 10.3. The fraction of sp³-hybridized carbons (Fsp3) is 0.231. The molecule has 2 N–H and O–H groups in total. The van der Waals surface area contributed by atoms with E-state index in [1.807, 2.05) is 17.8 Å². The second kappa shape index (κ2) is 6.24. The van der Waals surface area contributed by atoms with E-state index in [1.165, 1.54) is 0 Å². The molecule has 19 heavy (non-hydrogen) atoms. The van der Waals surface area contributed by atoms with Gasteiger partial charge in [0.15, 0.2) is 0 Å². The molecule has 0 aliphatic carbocycles. The fourth-order valence-corrected chi connectivity index (χ4v) is 1.76. The van der Waals surface area contributed by atoms with Crippen molar-refractivity contribution in [1.29, 1.82) is 0 Å². The van der Waals surface area contributed by atoms with Crippen molar-refractivity contribution in [2.75, 3.05) is 11.9 Å². The number of hydrogen-bond acceptors (Lipinski definition) is 2. The monoisotopic (exact) mass is 278 g/mol. The van der Waals surface area contributed by atoms with E-state index < -0.39 is 0 Å². The summed E-state index contributed by atoms with van der Waals surface area (Å²) >= 11 is 5.77. The molecule has 0 atom stereocenters. The molecule has 2 aromatic rings. The maximum Gasteiger partial charge on any atom is 0.319 e. The Balaban J connectivity index is 1.76. The van der Waals surface area contributed by atoms with Crippen molar-refractivity contribution in [2.24, 2.45) is 7.05 Å². The summed E-state index contributed by atoms with van der Waals surface area (Å²) in [4.78, 5) is 15.8. The third-order valence-corrected chi connectivity index (χ3v) is 2.91. The van der Waals surface area contributed by atoms with Crippen LogP contribution in [0.3, 0.4) is 0 Å². The highest BCUT2D eigenvalue weighted by molar-refractivity contribution is 6.30. The molecule has 1 aromatic carbocycles. The first-order valence-electron chi connectivity index (χ1n) is 5.92. The van der Waals surface area contributed by atoms with E-state index in [4.69, 9.17) is 11.6 Å². The van der Waals surface area contributed by atoms with Gasteiger partial charge in [-0.15, -0.1) is 0 Å². The Morgan fingerprint density at radius 3 is 2.74 bits per heavy atom. The van der Waals surface area contributed by atoms with Gasteiger partial charge in [-0.2, -0.15) is 0 Å². The van der Waals surface area contributed by atoms with Crippen LogP contribution in [0.5, 0.6) is 0 Å². The number of halogens is 1. The van der Waals surface area contributed by atoms with E-state index in [0.717, 1.165) is 5.82 Å². The molecule has 5 nitrogen and oxygen atoms in total. The number of aryl methyl sites for hydroxylation is 1. The minimum Gasteiger partial charge on any atom is -0.338 e. The van der Waals surface area contributed by atoms with Crippen LogP contribution in [0.4, 0.5) is 10.5 Å². The number of imidazole rings is 1. The molecule has 2 amide bonds. The summed E-state index contributed by atoms with van der Waals surface area (Å²) in [5.74, 6) is 0.937. The number of hydrogen-bond donors (Lipinski definition) is 2. The summed E-state index contributed by atoms with van der Waals surface area (Å²) in [5, 5.41) is 6.14. The van der Waals surface area contributed by atoms with Crippen molar-refractivity contribution in [3.8, 4) is 0 Å². The molecule has 0 spiro atoms. The molecular formula is C13H15ClN4O. The van der Waals surface area contributed by atoms with Gasteiger partial charge in [-0.25, -0.2) is 9.78 Å². The van der Waals surface area contributed by atoms with Crippen molar-refractivity contribution in [3.63, 3.8) is 0 Å². The average molecular weight is 279 g/mol. The molecule has 6 heteroatoms. The lowest BCUT2D eigenvalue weighted by Gasteiger charge is -2.07. The standard InChI is InChI=1S/C13H15ClN4O/c1-18-9-8-15-12(18)6-7-16-13(19)17-11-4-2-10(14)3-5-11/h2-5,8-9H,6-7H2,1H3,(H2,16,17,19). The van der Waals surface area contributed by atoms with Crippen molar-refractivity contribution in [3.05, 3.63) is 47.5 Å². The minimum absolute atomic E-state index is 0.239. The van der Waals surface area contributed by atoms with Gasteiger partial charge >= 0.3 is 6.03 Å². The predicted molar refractivity (Wildman–Crippen MR) is 75.4 cm³/mol. The highest BCUT2D eigenvalue weighted by atomic mass is 35.5. The number of urea groups is 1. The van der Waals surface area contributed by atoms with Gasteiger partial charge in [-0.3, -0.25) is 0 Å². The van der Waals surface area contributed by atoms with Crippen molar-refractivity contribution in [1.82, 2.24) is 14.9 Å². The molecule has 100 valence electrons. The number of nitrogens with one attached hydrogen (secondary N) is 2. The van der Waals surface area contributed by atoms with E-state index in [0.29, 0.717) is 23.7 Å². The van der Waals surface area contributed by atoms with Gasteiger partial charge in [0.2, 0.25) is 0 Å². The van der Waals surface area contributed by atoms with Crippen LogP contribution in [0.1, 0.15) is 5.82 Å². The summed E-state index contributed by atoms with van der Waals surface area (Å²) < 4.78 is 1.93. The van der Waals surface area contributed by atoms with Gasteiger partial charge < -0.3 is 15.2 Å². The van der Waals surface area contributed by atoms with Gasteiger partial charge in [0.05, 0.1) is 0 Å². The van der Waals surface area contributed by atoms with E-state index in [2.05, 4.69) is 15.6 Å². The van der Waals surface area contributed by atoms with E-state index in [-0.39, 0.29) is 6.03 Å². The van der Waals surface area contributed by atoms with Crippen LogP contribution in [0.15, 0.2) is 36.7 Å². The first kappa shape index (κ1) is 13.4. The normalized spacial score (nSPS) is 10.2. The number of aromatic nitrogens is 2. The predicted octanol–water partition coefficient (Wildman–Crippen LogP) is 2.44. The minimum atomic E-state index is -0.239. The summed E-state index contributed by atoms with van der Waals surface area (Å²) in [5.41, 5.74) is 0.707. The first-order valence-corrected chi connectivity index (χ1v) is 6.29. The zero-order chi connectivity index (χ0) is 13.7.